The van der Waals surface area contributed by atoms with Crippen molar-refractivity contribution in [1.29, 1.82) is 0 Å². The molecule has 0 heterocycles. The highest BCUT2D eigenvalue weighted by atomic mass is 19.4. The normalized spacial score (nSPS) is 13.0. The van der Waals surface area contributed by atoms with E-state index in [1.165, 1.54) is 0 Å². The second-order valence-corrected chi connectivity index (χ2v) is 4.37. The van der Waals surface area contributed by atoms with E-state index in [1.54, 1.807) is 6.92 Å². The van der Waals surface area contributed by atoms with E-state index >= 15 is 0 Å². The maximum absolute atomic E-state index is 13.1. The molecule has 1 aromatic carbocycles. The molecule has 1 atom stereocenters. The van der Waals surface area contributed by atoms with Gasteiger partial charge in [0.05, 0.1) is 12.2 Å². The van der Waals surface area contributed by atoms with Crippen LogP contribution in [0.5, 0.6) is 0 Å². The first-order valence-electron chi connectivity index (χ1n) is 6.57. The molecule has 0 aliphatic carbocycles. The van der Waals surface area contributed by atoms with Crippen LogP contribution in [-0.4, -0.2) is 19.1 Å². The molecule has 1 N–H and O–H groups in total. The van der Waals surface area contributed by atoms with Crippen molar-refractivity contribution in [2.45, 2.75) is 32.5 Å². The number of hydrogen-bond acceptors (Lipinski definition) is 3. The van der Waals surface area contributed by atoms with Crippen LogP contribution >= 0.6 is 0 Å². The van der Waals surface area contributed by atoms with Gasteiger partial charge in [-0.15, -0.1) is 0 Å². The lowest BCUT2D eigenvalue weighted by molar-refractivity contribution is -0.147. The Bertz CT molecular complexity index is 488. The molecule has 3 nitrogen and oxygen atoms in total. The highest BCUT2D eigenvalue weighted by molar-refractivity contribution is 5.78. The summed E-state index contributed by atoms with van der Waals surface area (Å²) in [6.45, 7) is 3.75. The number of carbonyl (C=O) groups excluding carboxylic acids is 1. The van der Waals surface area contributed by atoms with Gasteiger partial charge in [0.1, 0.15) is 11.9 Å². The molecule has 1 rings (SSSR count). The first-order valence-corrected chi connectivity index (χ1v) is 6.57. The van der Waals surface area contributed by atoms with Crippen LogP contribution in [0.25, 0.3) is 0 Å². The zero-order valence-electron chi connectivity index (χ0n) is 11.8. The smallest absolute Gasteiger partial charge is 0.416 e. The van der Waals surface area contributed by atoms with E-state index < -0.39 is 29.6 Å². The van der Waals surface area contributed by atoms with Crippen LogP contribution in [0.4, 0.5) is 17.6 Å². The topological polar surface area (TPSA) is 38.3 Å². The lowest BCUT2D eigenvalue weighted by Crippen LogP contribution is -2.32. The van der Waals surface area contributed by atoms with Gasteiger partial charge in [0.15, 0.2) is 0 Å². The number of alkyl halides is 3. The largest absolute Gasteiger partial charge is 0.465 e. The average Bonchev–Trinajstić information content (AvgIpc) is 2.39. The molecule has 0 saturated carbocycles. The minimum Gasteiger partial charge on any atom is -0.465 e. The molecule has 0 radical (unpaired) electrons. The Morgan fingerprint density at radius 1 is 1.33 bits per heavy atom. The van der Waals surface area contributed by atoms with Crippen LogP contribution in [-0.2, 0) is 15.7 Å². The van der Waals surface area contributed by atoms with Gasteiger partial charge in [-0.25, -0.2) is 9.18 Å². The van der Waals surface area contributed by atoms with Gasteiger partial charge in [-0.3, -0.25) is 0 Å². The lowest BCUT2D eigenvalue weighted by Gasteiger charge is -2.21. The minimum atomic E-state index is -4.75. The van der Waals surface area contributed by atoms with Gasteiger partial charge in [0.25, 0.3) is 0 Å². The van der Waals surface area contributed by atoms with Crippen LogP contribution in [0.1, 0.15) is 37.4 Å². The molecule has 0 aliphatic rings. The molecular weight excluding hydrogens is 290 g/mol. The van der Waals surface area contributed by atoms with Gasteiger partial charge in [-0.1, -0.05) is 13.0 Å². The van der Waals surface area contributed by atoms with E-state index in [2.05, 4.69) is 5.32 Å². The van der Waals surface area contributed by atoms with E-state index in [-0.39, 0.29) is 12.2 Å². The number of benzene rings is 1. The van der Waals surface area contributed by atoms with Crippen molar-refractivity contribution >= 4 is 5.97 Å². The minimum absolute atomic E-state index is 0.0473. The summed E-state index contributed by atoms with van der Waals surface area (Å²) in [7, 11) is 0. The molecule has 0 spiro atoms. The SMILES string of the molecule is CCCNC(C(=O)OCC)c1ccc(F)cc1C(F)(F)F. The number of carbonyl (C=O) groups is 1. The Morgan fingerprint density at radius 2 is 2.00 bits per heavy atom. The maximum atomic E-state index is 13.1. The summed E-state index contributed by atoms with van der Waals surface area (Å²) in [5.74, 6) is -1.83. The molecule has 1 unspecified atom stereocenters. The Hall–Kier alpha value is -1.63. The highest BCUT2D eigenvalue weighted by Gasteiger charge is 2.37. The first-order chi connectivity index (χ1) is 9.81. The summed E-state index contributed by atoms with van der Waals surface area (Å²) in [4.78, 5) is 11.9. The molecule has 0 fully saturated rings. The second-order valence-electron chi connectivity index (χ2n) is 4.37. The fourth-order valence-corrected chi connectivity index (χ4v) is 1.86. The predicted octanol–water partition coefficient (Wildman–Crippen LogP) is 3.45. The summed E-state index contributed by atoms with van der Waals surface area (Å²) in [5, 5.41) is 2.71. The van der Waals surface area contributed by atoms with Gasteiger partial charge in [0.2, 0.25) is 0 Å². The van der Waals surface area contributed by atoms with Crippen molar-refractivity contribution < 1.29 is 27.1 Å². The summed E-state index contributed by atoms with van der Waals surface area (Å²) in [6.07, 6.45) is -4.13. The predicted molar refractivity (Wildman–Crippen MR) is 69.1 cm³/mol. The van der Waals surface area contributed by atoms with Crippen molar-refractivity contribution in [3.05, 3.63) is 35.1 Å². The summed E-state index contributed by atoms with van der Waals surface area (Å²) < 4.78 is 56.9. The average molecular weight is 307 g/mol. The maximum Gasteiger partial charge on any atom is 0.416 e. The third-order valence-electron chi connectivity index (χ3n) is 2.75. The summed E-state index contributed by atoms with van der Waals surface area (Å²) >= 11 is 0. The molecule has 0 saturated heterocycles. The lowest BCUT2D eigenvalue weighted by atomic mass is 9.99. The zero-order valence-corrected chi connectivity index (χ0v) is 11.8. The van der Waals surface area contributed by atoms with Crippen LogP contribution in [0.2, 0.25) is 0 Å². The number of nitrogens with one attached hydrogen (secondary N) is 1. The summed E-state index contributed by atoms with van der Waals surface area (Å²) in [6, 6.07) is 0.962. The van der Waals surface area contributed by atoms with Crippen LogP contribution < -0.4 is 5.32 Å². The number of ether oxygens (including phenoxy) is 1. The number of hydrogen-bond donors (Lipinski definition) is 1. The monoisotopic (exact) mass is 307 g/mol. The molecule has 7 heteroatoms. The Labute approximate surface area is 120 Å². The third kappa shape index (κ3) is 4.70. The fraction of sp³-hybridized carbons (Fsp3) is 0.500. The molecule has 21 heavy (non-hydrogen) atoms. The van der Waals surface area contributed by atoms with Crippen molar-refractivity contribution in [1.82, 2.24) is 5.32 Å². The third-order valence-corrected chi connectivity index (χ3v) is 2.75. The standard InChI is InChI=1S/C14H17F4NO2/c1-3-7-19-12(13(20)21-4-2)10-6-5-9(15)8-11(10)14(16,17)18/h5-6,8,12,19H,3-4,7H2,1-2H3. The molecule has 0 aromatic heterocycles. The van der Waals surface area contributed by atoms with Crippen molar-refractivity contribution in [3.63, 3.8) is 0 Å². The second kappa shape index (κ2) is 7.40. The van der Waals surface area contributed by atoms with E-state index in [0.29, 0.717) is 19.0 Å². The Balaban J connectivity index is 3.26. The number of rotatable bonds is 6. The van der Waals surface area contributed by atoms with Gasteiger partial charge in [0, 0.05) is 0 Å². The van der Waals surface area contributed by atoms with E-state index in [4.69, 9.17) is 4.74 Å². The highest BCUT2D eigenvalue weighted by Crippen LogP contribution is 2.35. The Morgan fingerprint density at radius 3 is 2.52 bits per heavy atom. The van der Waals surface area contributed by atoms with Crippen LogP contribution in [0, 0.1) is 5.82 Å². The van der Waals surface area contributed by atoms with Crippen molar-refractivity contribution in [2.24, 2.45) is 0 Å². The van der Waals surface area contributed by atoms with Crippen LogP contribution in [0.3, 0.4) is 0 Å². The quantitative estimate of drug-likeness (QED) is 0.646. The number of halogens is 4. The molecule has 0 bridgehead atoms. The van der Waals surface area contributed by atoms with E-state index in [9.17, 15) is 22.4 Å². The van der Waals surface area contributed by atoms with Gasteiger partial charge < -0.3 is 10.1 Å². The molecule has 1 aromatic rings. The number of esters is 1. The fourth-order valence-electron chi connectivity index (χ4n) is 1.86. The van der Waals surface area contributed by atoms with Gasteiger partial charge >= 0.3 is 12.1 Å². The first kappa shape index (κ1) is 17.4. The molecule has 118 valence electrons. The van der Waals surface area contributed by atoms with Gasteiger partial charge in [-0.2, -0.15) is 13.2 Å². The zero-order chi connectivity index (χ0) is 16.0. The van der Waals surface area contributed by atoms with Crippen LogP contribution in [0.15, 0.2) is 18.2 Å². The molecule has 0 aliphatic heterocycles. The van der Waals surface area contributed by atoms with E-state index in [1.807, 2.05) is 6.92 Å². The summed E-state index contributed by atoms with van der Waals surface area (Å²) in [5.41, 5.74) is -1.51. The van der Waals surface area contributed by atoms with Crippen molar-refractivity contribution in [2.75, 3.05) is 13.2 Å². The molecule has 0 amide bonds. The van der Waals surface area contributed by atoms with E-state index in [0.717, 1.165) is 12.1 Å². The van der Waals surface area contributed by atoms with Gasteiger partial charge in [-0.05, 0) is 37.6 Å². The molecular formula is C14H17F4NO2. The Kier molecular flexibility index (Phi) is 6.14. The van der Waals surface area contributed by atoms with Crippen molar-refractivity contribution in [3.8, 4) is 0 Å².